The van der Waals surface area contributed by atoms with Crippen LogP contribution in [0, 0.1) is 0 Å². The molecule has 26 heavy (non-hydrogen) atoms. The van der Waals surface area contributed by atoms with E-state index in [0.717, 1.165) is 9.44 Å². The van der Waals surface area contributed by atoms with Gasteiger partial charge in [-0.15, -0.1) is 17.9 Å². The number of rotatable bonds is 5. The molecule has 3 aromatic heterocycles. The lowest BCUT2D eigenvalue weighted by molar-refractivity contribution is 0.369. The highest BCUT2D eigenvalue weighted by Gasteiger charge is 2.16. The van der Waals surface area contributed by atoms with Crippen molar-refractivity contribution >= 4 is 22.2 Å². The molecule has 0 N–H and O–H groups in total. The molecule has 1 aromatic carbocycles. The minimum atomic E-state index is -0.440. The minimum Gasteiger partial charge on any atom is -0.337 e. The molecule has 0 atom stereocenters. The molecular formula is C18H14N4O3S. The third kappa shape index (κ3) is 2.70. The lowest BCUT2D eigenvalue weighted by atomic mass is 10.2. The maximum atomic E-state index is 12.8. The summed E-state index contributed by atoms with van der Waals surface area (Å²) in [4.78, 5) is 30.6. The minimum absolute atomic E-state index is 0.0785. The Bertz CT molecular complexity index is 1200. The Balaban J connectivity index is 1.85. The third-order valence-electron chi connectivity index (χ3n) is 3.95. The molecule has 3 heterocycles. The summed E-state index contributed by atoms with van der Waals surface area (Å²) in [6.45, 7) is 3.83. The molecule has 0 fully saturated rings. The normalized spacial score (nSPS) is 11.1. The fourth-order valence-corrected chi connectivity index (χ4v) is 3.42. The highest BCUT2D eigenvalue weighted by atomic mass is 32.1. The second-order valence-corrected chi connectivity index (χ2v) is 6.53. The van der Waals surface area contributed by atoms with Crippen molar-refractivity contribution in [3.63, 3.8) is 0 Å². The predicted molar refractivity (Wildman–Crippen MR) is 99.4 cm³/mol. The molecule has 0 aliphatic heterocycles. The average Bonchev–Trinajstić information content (AvgIpc) is 3.33. The molecule has 0 saturated heterocycles. The SMILES string of the molecule is C=CCn1c(=O)c2ccccc2n(Cc2nc(-c3cccs3)no2)c1=O. The maximum Gasteiger partial charge on any atom is 0.332 e. The summed E-state index contributed by atoms with van der Waals surface area (Å²) in [5.74, 6) is 0.774. The van der Waals surface area contributed by atoms with Crippen molar-refractivity contribution in [2.24, 2.45) is 0 Å². The number of benzene rings is 1. The Hall–Kier alpha value is -3.26. The van der Waals surface area contributed by atoms with Crippen LogP contribution in [0.5, 0.6) is 0 Å². The lowest BCUT2D eigenvalue weighted by Crippen LogP contribution is -2.40. The van der Waals surface area contributed by atoms with Crippen LogP contribution >= 0.6 is 11.3 Å². The van der Waals surface area contributed by atoms with E-state index in [9.17, 15) is 9.59 Å². The van der Waals surface area contributed by atoms with Crippen molar-refractivity contribution in [3.8, 4) is 10.7 Å². The molecule has 0 spiro atoms. The third-order valence-corrected chi connectivity index (χ3v) is 4.81. The van der Waals surface area contributed by atoms with E-state index in [1.54, 1.807) is 24.3 Å². The van der Waals surface area contributed by atoms with Gasteiger partial charge >= 0.3 is 5.69 Å². The first kappa shape index (κ1) is 16.2. The van der Waals surface area contributed by atoms with Crippen LogP contribution in [0.15, 0.2) is 68.5 Å². The highest BCUT2D eigenvalue weighted by molar-refractivity contribution is 7.13. The molecule has 0 unspecified atom stereocenters. The molecule has 0 aliphatic carbocycles. The molecule has 0 aliphatic rings. The first-order valence-corrected chi connectivity index (χ1v) is 8.76. The van der Waals surface area contributed by atoms with Crippen LogP contribution in [-0.4, -0.2) is 19.3 Å². The molecule has 0 bridgehead atoms. The number of hydrogen-bond donors (Lipinski definition) is 0. The summed E-state index contributed by atoms with van der Waals surface area (Å²) >= 11 is 1.50. The van der Waals surface area contributed by atoms with Gasteiger partial charge in [0.2, 0.25) is 11.7 Å². The van der Waals surface area contributed by atoms with E-state index in [1.807, 2.05) is 17.5 Å². The monoisotopic (exact) mass is 366 g/mol. The van der Waals surface area contributed by atoms with Crippen molar-refractivity contribution in [1.29, 1.82) is 0 Å². The summed E-state index contributed by atoms with van der Waals surface area (Å²) < 4.78 is 7.91. The molecule has 7 nitrogen and oxygen atoms in total. The Morgan fingerprint density at radius 1 is 1.15 bits per heavy atom. The average molecular weight is 366 g/mol. The number of fused-ring (bicyclic) bond motifs is 1. The zero-order valence-corrected chi connectivity index (χ0v) is 14.5. The number of para-hydroxylation sites is 1. The number of aromatic nitrogens is 4. The second kappa shape index (κ2) is 6.57. The van der Waals surface area contributed by atoms with Gasteiger partial charge in [0.1, 0.15) is 6.54 Å². The van der Waals surface area contributed by atoms with E-state index in [2.05, 4.69) is 16.7 Å². The summed E-state index contributed by atoms with van der Waals surface area (Å²) in [6.07, 6.45) is 1.52. The van der Waals surface area contributed by atoms with Crippen LogP contribution in [-0.2, 0) is 13.1 Å². The van der Waals surface area contributed by atoms with Gasteiger partial charge in [-0.3, -0.25) is 13.9 Å². The van der Waals surface area contributed by atoms with Gasteiger partial charge in [-0.25, -0.2) is 4.79 Å². The van der Waals surface area contributed by atoms with E-state index >= 15 is 0 Å². The van der Waals surface area contributed by atoms with Gasteiger partial charge in [-0.2, -0.15) is 4.98 Å². The van der Waals surface area contributed by atoms with Crippen LogP contribution in [0.1, 0.15) is 5.89 Å². The molecule has 130 valence electrons. The zero-order valence-electron chi connectivity index (χ0n) is 13.7. The molecule has 0 radical (unpaired) electrons. The van der Waals surface area contributed by atoms with E-state index in [0.29, 0.717) is 22.6 Å². The van der Waals surface area contributed by atoms with Gasteiger partial charge in [0.15, 0.2) is 0 Å². The smallest absolute Gasteiger partial charge is 0.332 e. The lowest BCUT2D eigenvalue weighted by Gasteiger charge is -2.11. The van der Waals surface area contributed by atoms with Crippen molar-refractivity contribution in [3.05, 3.63) is 81.2 Å². The largest absolute Gasteiger partial charge is 0.337 e. The fourth-order valence-electron chi connectivity index (χ4n) is 2.77. The standard InChI is InChI=1S/C18H14N4O3S/c1-2-9-21-17(23)12-6-3-4-7-13(12)22(18(21)24)11-15-19-16(20-25-15)14-8-5-10-26-14/h2-8,10H,1,9,11H2. The number of allylic oxidation sites excluding steroid dienone is 1. The Labute approximate surface area is 151 Å². The molecule has 8 heteroatoms. The molecule has 4 rings (SSSR count). The van der Waals surface area contributed by atoms with Crippen molar-refractivity contribution < 1.29 is 4.52 Å². The maximum absolute atomic E-state index is 12.8. The highest BCUT2D eigenvalue weighted by Crippen LogP contribution is 2.21. The summed E-state index contributed by atoms with van der Waals surface area (Å²) in [6, 6.07) is 10.8. The number of hydrogen-bond acceptors (Lipinski definition) is 6. The Morgan fingerprint density at radius 3 is 2.77 bits per heavy atom. The molecule has 0 saturated carbocycles. The van der Waals surface area contributed by atoms with Crippen molar-refractivity contribution in [2.45, 2.75) is 13.1 Å². The number of thiophene rings is 1. The van der Waals surface area contributed by atoms with Gasteiger partial charge in [0, 0.05) is 6.54 Å². The first-order valence-electron chi connectivity index (χ1n) is 7.89. The van der Waals surface area contributed by atoms with Gasteiger partial charge in [0.05, 0.1) is 15.8 Å². The van der Waals surface area contributed by atoms with E-state index in [-0.39, 0.29) is 18.6 Å². The predicted octanol–water partition coefficient (Wildman–Crippen LogP) is 2.51. The van der Waals surface area contributed by atoms with Crippen LogP contribution in [0.4, 0.5) is 0 Å². The van der Waals surface area contributed by atoms with E-state index in [4.69, 9.17) is 4.52 Å². The Morgan fingerprint density at radius 2 is 2.00 bits per heavy atom. The van der Waals surface area contributed by atoms with E-state index < -0.39 is 5.69 Å². The second-order valence-electron chi connectivity index (χ2n) is 5.58. The van der Waals surface area contributed by atoms with Crippen LogP contribution in [0.25, 0.3) is 21.6 Å². The van der Waals surface area contributed by atoms with E-state index in [1.165, 1.54) is 22.0 Å². The van der Waals surface area contributed by atoms with Gasteiger partial charge in [0.25, 0.3) is 5.56 Å². The number of nitrogens with zero attached hydrogens (tertiary/aromatic N) is 4. The van der Waals surface area contributed by atoms with Gasteiger partial charge < -0.3 is 4.52 Å². The zero-order chi connectivity index (χ0) is 18.1. The van der Waals surface area contributed by atoms with Crippen LogP contribution < -0.4 is 11.2 Å². The van der Waals surface area contributed by atoms with Crippen LogP contribution in [0.3, 0.4) is 0 Å². The summed E-state index contributed by atoms with van der Waals surface area (Å²) in [5.41, 5.74) is -0.255. The molecule has 0 amide bonds. The fraction of sp³-hybridized carbons (Fsp3) is 0.111. The summed E-state index contributed by atoms with van der Waals surface area (Å²) in [7, 11) is 0. The first-order chi connectivity index (χ1) is 12.7. The van der Waals surface area contributed by atoms with Crippen molar-refractivity contribution in [2.75, 3.05) is 0 Å². The molecular weight excluding hydrogens is 352 g/mol. The summed E-state index contributed by atoms with van der Waals surface area (Å²) in [5, 5.41) is 6.34. The topological polar surface area (TPSA) is 82.9 Å². The van der Waals surface area contributed by atoms with Gasteiger partial charge in [-0.05, 0) is 23.6 Å². The molecule has 4 aromatic rings. The van der Waals surface area contributed by atoms with Crippen molar-refractivity contribution in [1.82, 2.24) is 19.3 Å². The van der Waals surface area contributed by atoms with Gasteiger partial charge in [-0.1, -0.05) is 29.4 Å². The van der Waals surface area contributed by atoms with Crippen LogP contribution in [0.2, 0.25) is 0 Å². The Kier molecular flexibility index (Phi) is 4.10. The quantitative estimate of drug-likeness (QED) is 0.507.